The molecular weight excluding hydrogens is 491 g/mol. The van der Waals surface area contributed by atoms with Crippen molar-refractivity contribution in [1.82, 2.24) is 0 Å². The highest BCUT2D eigenvalue weighted by atomic mass is 79.9. The molecule has 0 spiro atoms. The quantitative estimate of drug-likeness (QED) is 0.670. The van der Waals surface area contributed by atoms with Crippen LogP contribution in [0.2, 0.25) is 0 Å². The summed E-state index contributed by atoms with van der Waals surface area (Å²) in [6.45, 7) is 3.25. The molecule has 0 aromatic heterocycles. The molecule has 1 amide bonds. The number of nitrogens with zero attached hydrogens (tertiary/aromatic N) is 1. The number of benzene rings is 2. The summed E-state index contributed by atoms with van der Waals surface area (Å²) >= 11 is 6.45. The average Bonchev–Trinajstić information content (AvgIpc) is 2.84. The number of nitrogens with one attached hydrogen (secondary N) is 1. The van der Waals surface area contributed by atoms with E-state index in [2.05, 4.69) is 36.6 Å². The molecule has 0 radical (unpaired) electrons. The summed E-state index contributed by atoms with van der Waals surface area (Å²) in [5.41, 5.74) is 0.930. The molecule has 5 nitrogen and oxygen atoms in total. The van der Waals surface area contributed by atoms with E-state index in [1.165, 1.54) is 36.1 Å². The molecule has 1 N–H and O–H groups in total. The fraction of sp³-hybridized carbons (Fsp3) is 0.235. The van der Waals surface area contributed by atoms with E-state index in [0.29, 0.717) is 21.1 Å². The van der Waals surface area contributed by atoms with Gasteiger partial charge in [-0.2, -0.15) is 0 Å². The molecule has 2 aromatic carbocycles. The van der Waals surface area contributed by atoms with Crippen LogP contribution in [0.3, 0.4) is 0 Å². The molecule has 1 aliphatic rings. The summed E-state index contributed by atoms with van der Waals surface area (Å²) in [6, 6.07) is 7.11. The molecule has 1 unspecified atom stereocenters. The Balaban J connectivity index is 2.13. The number of hydrogen-bond donors (Lipinski definition) is 1. The Labute approximate surface area is 167 Å². The molecular formula is C17H15Br2FN2O3S. The standard InChI is InChI=1S/C17H15Br2FN2O3S/c1-9-5-11-6-13(19)8-16(17(11)22(9)10(2)23)26(24,25)21-15-4-3-12(18)7-14(15)20/h3-4,6-9,21H,5H2,1-2H3. The number of sulfonamides is 1. The fourth-order valence-electron chi connectivity index (χ4n) is 3.13. The first-order valence-electron chi connectivity index (χ1n) is 7.70. The third-order valence-electron chi connectivity index (χ3n) is 4.12. The maximum atomic E-state index is 14.1. The van der Waals surface area contributed by atoms with Crippen LogP contribution in [0.5, 0.6) is 0 Å². The van der Waals surface area contributed by atoms with E-state index in [4.69, 9.17) is 0 Å². The van der Waals surface area contributed by atoms with Crippen molar-refractivity contribution in [3.05, 3.63) is 50.7 Å². The molecule has 138 valence electrons. The van der Waals surface area contributed by atoms with Crippen molar-refractivity contribution in [2.75, 3.05) is 9.62 Å². The maximum Gasteiger partial charge on any atom is 0.264 e. The summed E-state index contributed by atoms with van der Waals surface area (Å²) in [4.78, 5) is 13.5. The monoisotopic (exact) mass is 504 g/mol. The molecule has 0 saturated carbocycles. The Hall–Kier alpha value is -1.45. The van der Waals surface area contributed by atoms with E-state index in [1.54, 1.807) is 6.07 Å². The van der Waals surface area contributed by atoms with Gasteiger partial charge in [-0.3, -0.25) is 9.52 Å². The highest BCUT2D eigenvalue weighted by Crippen LogP contribution is 2.40. The normalized spacial score (nSPS) is 16.5. The largest absolute Gasteiger partial charge is 0.308 e. The van der Waals surface area contributed by atoms with Crippen molar-refractivity contribution in [3.8, 4) is 0 Å². The number of halogens is 3. The molecule has 2 aromatic rings. The molecule has 26 heavy (non-hydrogen) atoms. The SMILES string of the molecule is CC(=O)N1c2c(cc(Br)cc2S(=O)(=O)Nc2ccc(Br)cc2F)CC1C. The zero-order valence-electron chi connectivity index (χ0n) is 13.9. The Morgan fingerprint density at radius 1 is 1.23 bits per heavy atom. The fourth-order valence-corrected chi connectivity index (χ4v) is 5.45. The zero-order valence-corrected chi connectivity index (χ0v) is 17.9. The van der Waals surface area contributed by atoms with Crippen molar-refractivity contribution in [2.24, 2.45) is 0 Å². The zero-order chi connectivity index (χ0) is 19.2. The summed E-state index contributed by atoms with van der Waals surface area (Å²) in [5.74, 6) is -0.948. The van der Waals surface area contributed by atoms with E-state index in [9.17, 15) is 17.6 Å². The van der Waals surface area contributed by atoms with Crippen LogP contribution in [0.15, 0.2) is 44.2 Å². The van der Waals surface area contributed by atoms with Crippen LogP contribution < -0.4 is 9.62 Å². The lowest BCUT2D eigenvalue weighted by Crippen LogP contribution is -2.34. The van der Waals surface area contributed by atoms with Crippen molar-refractivity contribution in [1.29, 1.82) is 0 Å². The first-order valence-corrected chi connectivity index (χ1v) is 10.8. The van der Waals surface area contributed by atoms with Gasteiger partial charge >= 0.3 is 0 Å². The number of amides is 1. The molecule has 3 rings (SSSR count). The number of carbonyl (C=O) groups is 1. The minimum Gasteiger partial charge on any atom is -0.308 e. The van der Waals surface area contributed by atoms with Crippen LogP contribution >= 0.6 is 31.9 Å². The lowest BCUT2D eigenvalue weighted by Gasteiger charge is -2.23. The van der Waals surface area contributed by atoms with Crippen LogP contribution in [-0.4, -0.2) is 20.4 Å². The molecule has 0 bridgehead atoms. The predicted molar refractivity (Wildman–Crippen MR) is 105 cm³/mol. The van der Waals surface area contributed by atoms with Gasteiger partial charge in [0.1, 0.15) is 10.7 Å². The van der Waals surface area contributed by atoms with Gasteiger partial charge in [0.05, 0.1) is 11.4 Å². The van der Waals surface area contributed by atoms with E-state index < -0.39 is 15.8 Å². The van der Waals surface area contributed by atoms with Crippen LogP contribution in [0.1, 0.15) is 19.4 Å². The highest BCUT2D eigenvalue weighted by molar-refractivity contribution is 9.10. The number of carbonyl (C=O) groups excluding carboxylic acids is 1. The third-order valence-corrected chi connectivity index (χ3v) is 6.45. The lowest BCUT2D eigenvalue weighted by atomic mass is 10.1. The number of anilines is 2. The molecule has 9 heteroatoms. The van der Waals surface area contributed by atoms with Gasteiger partial charge in [0.25, 0.3) is 10.0 Å². The number of hydrogen-bond acceptors (Lipinski definition) is 3. The Morgan fingerprint density at radius 2 is 1.92 bits per heavy atom. The van der Waals surface area contributed by atoms with E-state index in [-0.39, 0.29) is 22.5 Å². The molecule has 0 aliphatic carbocycles. The smallest absolute Gasteiger partial charge is 0.264 e. The maximum absolute atomic E-state index is 14.1. The van der Waals surface area contributed by atoms with E-state index in [1.807, 2.05) is 6.92 Å². The van der Waals surface area contributed by atoms with Crippen molar-refractivity contribution in [2.45, 2.75) is 31.2 Å². The lowest BCUT2D eigenvalue weighted by molar-refractivity contribution is -0.116. The van der Waals surface area contributed by atoms with Crippen LogP contribution in [0.25, 0.3) is 0 Å². The van der Waals surface area contributed by atoms with Gasteiger partial charge in [-0.1, -0.05) is 31.9 Å². The highest BCUT2D eigenvalue weighted by Gasteiger charge is 2.35. The predicted octanol–water partition coefficient (Wildman–Crippen LogP) is 4.45. The van der Waals surface area contributed by atoms with Crippen molar-refractivity contribution in [3.63, 3.8) is 0 Å². The first kappa shape index (κ1) is 19.3. The van der Waals surface area contributed by atoms with Gasteiger partial charge in [-0.05, 0) is 49.2 Å². The summed E-state index contributed by atoms with van der Waals surface area (Å²) in [5, 5.41) is 0. The Morgan fingerprint density at radius 3 is 2.54 bits per heavy atom. The second-order valence-corrected chi connectivity index (χ2v) is 9.57. The summed E-state index contributed by atoms with van der Waals surface area (Å²) in [7, 11) is -4.12. The number of rotatable bonds is 3. The second kappa shape index (κ2) is 6.94. The molecule has 0 saturated heterocycles. The summed E-state index contributed by atoms with van der Waals surface area (Å²) < 4.78 is 43.4. The second-order valence-electron chi connectivity index (χ2n) is 6.08. The molecule has 1 aliphatic heterocycles. The van der Waals surface area contributed by atoms with Gasteiger partial charge in [0, 0.05) is 21.9 Å². The third kappa shape index (κ3) is 3.52. The van der Waals surface area contributed by atoms with Crippen LogP contribution in [-0.2, 0) is 21.2 Å². The molecule has 1 heterocycles. The van der Waals surface area contributed by atoms with Gasteiger partial charge in [0.2, 0.25) is 5.91 Å². The minimum atomic E-state index is -4.12. The molecule has 1 atom stereocenters. The Kier molecular flexibility index (Phi) is 5.15. The van der Waals surface area contributed by atoms with Gasteiger partial charge in [-0.15, -0.1) is 0 Å². The van der Waals surface area contributed by atoms with Crippen LogP contribution in [0.4, 0.5) is 15.8 Å². The minimum absolute atomic E-state index is 0.0660. The van der Waals surface area contributed by atoms with E-state index in [0.717, 1.165) is 5.56 Å². The van der Waals surface area contributed by atoms with Gasteiger partial charge in [0.15, 0.2) is 0 Å². The van der Waals surface area contributed by atoms with E-state index >= 15 is 0 Å². The van der Waals surface area contributed by atoms with Crippen molar-refractivity contribution >= 4 is 59.2 Å². The molecule has 0 fully saturated rings. The average molecular weight is 506 g/mol. The van der Waals surface area contributed by atoms with Crippen molar-refractivity contribution < 1.29 is 17.6 Å². The van der Waals surface area contributed by atoms with Gasteiger partial charge < -0.3 is 4.90 Å². The Bertz CT molecular complexity index is 1010. The summed E-state index contributed by atoms with van der Waals surface area (Å²) in [6.07, 6.45) is 0.545. The van der Waals surface area contributed by atoms with Crippen LogP contribution in [0, 0.1) is 5.82 Å². The first-order chi connectivity index (χ1) is 12.1. The van der Waals surface area contributed by atoms with Gasteiger partial charge in [-0.25, -0.2) is 12.8 Å². The topological polar surface area (TPSA) is 66.5 Å². The number of fused-ring (bicyclic) bond motifs is 1.